The minimum atomic E-state index is -2.34. The molecule has 0 aromatic heterocycles. The molecular formula is C19H30O3Si. The molecule has 0 bridgehead atoms. The lowest BCUT2D eigenvalue weighted by molar-refractivity contribution is 0.181. The predicted molar refractivity (Wildman–Crippen MR) is 98.7 cm³/mol. The highest BCUT2D eigenvalue weighted by atomic mass is 28.4. The van der Waals surface area contributed by atoms with E-state index in [0.717, 1.165) is 17.6 Å². The first-order chi connectivity index (χ1) is 10.9. The number of allylic oxidation sites excluding steroid dienone is 2. The number of benzene rings is 1. The molecule has 0 spiro atoms. The molecule has 1 aromatic rings. The molecule has 1 aromatic carbocycles. The lowest BCUT2D eigenvalue weighted by Crippen LogP contribution is -2.33. The van der Waals surface area contributed by atoms with Gasteiger partial charge in [-0.25, -0.2) is 0 Å². The third-order valence-electron chi connectivity index (χ3n) is 4.15. The quantitative estimate of drug-likeness (QED) is 0.473. The van der Waals surface area contributed by atoms with Crippen molar-refractivity contribution in [1.29, 1.82) is 0 Å². The summed E-state index contributed by atoms with van der Waals surface area (Å²) in [6.45, 7) is 5.94. The molecule has 0 saturated carbocycles. The van der Waals surface area contributed by atoms with Crippen molar-refractivity contribution in [3.63, 3.8) is 0 Å². The third kappa shape index (κ3) is 6.83. The van der Waals surface area contributed by atoms with Crippen LogP contribution in [0.1, 0.15) is 37.9 Å². The SMILES string of the molecule is C/C=C(\CCO)C(C/C=C/CC(O)c1ccccc1)[Si](C)(C)O. The Hall–Kier alpha value is -1.20. The van der Waals surface area contributed by atoms with Crippen LogP contribution in [0.25, 0.3) is 0 Å². The van der Waals surface area contributed by atoms with Gasteiger partial charge in [-0.05, 0) is 44.8 Å². The van der Waals surface area contributed by atoms with Crippen molar-refractivity contribution < 1.29 is 15.0 Å². The van der Waals surface area contributed by atoms with E-state index in [1.165, 1.54) is 0 Å². The van der Waals surface area contributed by atoms with Crippen LogP contribution in [0.4, 0.5) is 0 Å². The van der Waals surface area contributed by atoms with E-state index in [2.05, 4.69) is 0 Å². The molecule has 0 heterocycles. The van der Waals surface area contributed by atoms with E-state index in [0.29, 0.717) is 12.8 Å². The smallest absolute Gasteiger partial charge is 0.189 e. The molecule has 2 unspecified atom stereocenters. The van der Waals surface area contributed by atoms with Crippen LogP contribution in [0.15, 0.2) is 54.1 Å². The summed E-state index contributed by atoms with van der Waals surface area (Å²) in [5, 5.41) is 19.3. The Balaban J connectivity index is 2.64. The van der Waals surface area contributed by atoms with Crippen LogP contribution in [-0.2, 0) is 0 Å². The van der Waals surface area contributed by atoms with Crippen LogP contribution in [0.2, 0.25) is 18.6 Å². The van der Waals surface area contributed by atoms with Gasteiger partial charge in [-0.15, -0.1) is 0 Å². The first-order valence-electron chi connectivity index (χ1n) is 8.26. The highest BCUT2D eigenvalue weighted by Crippen LogP contribution is 2.33. The topological polar surface area (TPSA) is 60.7 Å². The molecule has 0 fully saturated rings. The van der Waals surface area contributed by atoms with Crippen LogP contribution >= 0.6 is 0 Å². The Morgan fingerprint density at radius 3 is 2.26 bits per heavy atom. The summed E-state index contributed by atoms with van der Waals surface area (Å²) in [7, 11) is -2.34. The maximum absolute atomic E-state index is 10.5. The van der Waals surface area contributed by atoms with Gasteiger partial charge >= 0.3 is 0 Å². The molecule has 128 valence electrons. The summed E-state index contributed by atoms with van der Waals surface area (Å²) in [6, 6.07) is 9.62. The number of hydrogen-bond acceptors (Lipinski definition) is 3. The second-order valence-corrected chi connectivity index (χ2v) is 10.4. The van der Waals surface area contributed by atoms with E-state index in [4.69, 9.17) is 0 Å². The highest BCUT2D eigenvalue weighted by molar-refractivity contribution is 6.72. The molecule has 2 atom stereocenters. The van der Waals surface area contributed by atoms with Gasteiger partial charge in [0.1, 0.15) is 0 Å². The molecule has 0 amide bonds. The van der Waals surface area contributed by atoms with Crippen molar-refractivity contribution in [2.45, 2.75) is 50.9 Å². The van der Waals surface area contributed by atoms with Crippen molar-refractivity contribution in [3.05, 3.63) is 59.7 Å². The molecule has 0 aliphatic carbocycles. The van der Waals surface area contributed by atoms with Gasteiger partial charge in [0, 0.05) is 12.1 Å². The van der Waals surface area contributed by atoms with E-state index in [1.807, 2.05) is 68.6 Å². The summed E-state index contributed by atoms with van der Waals surface area (Å²) in [4.78, 5) is 10.5. The summed E-state index contributed by atoms with van der Waals surface area (Å²) < 4.78 is 0. The van der Waals surface area contributed by atoms with Gasteiger partial charge in [-0.2, -0.15) is 0 Å². The van der Waals surface area contributed by atoms with Gasteiger partial charge in [0.15, 0.2) is 8.32 Å². The fourth-order valence-corrected chi connectivity index (χ4v) is 4.74. The van der Waals surface area contributed by atoms with Crippen LogP contribution in [0, 0.1) is 0 Å². The standard InChI is InChI=1S/C19H30O3Si/c1-4-16(14-15-20)19(23(2,3)22)13-9-8-12-18(21)17-10-6-5-7-11-17/h4-11,18-22H,12-15H2,1-3H3/b9-8+,16-4+. The van der Waals surface area contributed by atoms with Crippen LogP contribution in [-0.4, -0.2) is 29.9 Å². The molecule has 23 heavy (non-hydrogen) atoms. The van der Waals surface area contributed by atoms with E-state index < -0.39 is 14.4 Å². The Morgan fingerprint density at radius 1 is 1.13 bits per heavy atom. The van der Waals surface area contributed by atoms with Gasteiger partial charge in [0.05, 0.1) is 6.10 Å². The molecule has 0 saturated heterocycles. The lowest BCUT2D eigenvalue weighted by Gasteiger charge is -2.28. The van der Waals surface area contributed by atoms with Gasteiger partial charge < -0.3 is 15.0 Å². The highest BCUT2D eigenvalue weighted by Gasteiger charge is 2.31. The Kier molecular flexibility index (Phi) is 8.48. The van der Waals surface area contributed by atoms with Crippen LogP contribution in [0.3, 0.4) is 0 Å². The van der Waals surface area contributed by atoms with E-state index in [9.17, 15) is 15.0 Å². The van der Waals surface area contributed by atoms with Crippen molar-refractivity contribution in [3.8, 4) is 0 Å². The van der Waals surface area contributed by atoms with Crippen molar-refractivity contribution in [2.75, 3.05) is 6.61 Å². The van der Waals surface area contributed by atoms with Gasteiger partial charge in [0.25, 0.3) is 0 Å². The first-order valence-corrected chi connectivity index (χ1v) is 11.3. The number of rotatable bonds is 9. The predicted octanol–water partition coefficient (Wildman–Crippen LogP) is 3.95. The maximum Gasteiger partial charge on any atom is 0.189 e. The molecule has 0 aliphatic heterocycles. The zero-order chi connectivity index (χ0) is 17.3. The summed E-state index contributed by atoms with van der Waals surface area (Å²) in [5.74, 6) is 0. The normalized spacial score (nSPS) is 15.8. The largest absolute Gasteiger partial charge is 0.432 e. The second-order valence-electron chi connectivity index (χ2n) is 6.41. The summed E-state index contributed by atoms with van der Waals surface area (Å²) in [5.41, 5.74) is 2.14. The zero-order valence-corrected chi connectivity index (χ0v) is 15.4. The minimum Gasteiger partial charge on any atom is -0.432 e. The summed E-state index contributed by atoms with van der Waals surface area (Å²) in [6.07, 6.45) is 7.47. The molecule has 0 aliphatic rings. The van der Waals surface area contributed by atoms with E-state index in [1.54, 1.807) is 0 Å². The summed E-state index contributed by atoms with van der Waals surface area (Å²) >= 11 is 0. The average molecular weight is 335 g/mol. The van der Waals surface area contributed by atoms with Gasteiger partial charge in [0.2, 0.25) is 0 Å². The molecule has 3 nitrogen and oxygen atoms in total. The van der Waals surface area contributed by atoms with Crippen molar-refractivity contribution >= 4 is 8.32 Å². The second kappa shape index (κ2) is 9.83. The first kappa shape index (κ1) is 19.8. The van der Waals surface area contributed by atoms with Crippen molar-refractivity contribution in [2.24, 2.45) is 0 Å². The Labute approximate surface area is 141 Å². The molecular weight excluding hydrogens is 304 g/mol. The van der Waals surface area contributed by atoms with E-state index >= 15 is 0 Å². The van der Waals surface area contributed by atoms with Crippen LogP contribution in [0.5, 0.6) is 0 Å². The Bertz CT molecular complexity index is 503. The monoisotopic (exact) mass is 334 g/mol. The zero-order valence-electron chi connectivity index (χ0n) is 14.4. The third-order valence-corrected chi connectivity index (χ3v) is 6.47. The van der Waals surface area contributed by atoms with E-state index in [-0.39, 0.29) is 12.1 Å². The maximum atomic E-state index is 10.5. The van der Waals surface area contributed by atoms with Gasteiger partial charge in [-0.3, -0.25) is 0 Å². The number of aliphatic hydroxyl groups excluding tert-OH is 2. The fraction of sp³-hybridized carbons (Fsp3) is 0.474. The Morgan fingerprint density at radius 2 is 1.74 bits per heavy atom. The van der Waals surface area contributed by atoms with Crippen LogP contribution < -0.4 is 0 Å². The molecule has 0 radical (unpaired) electrons. The fourth-order valence-electron chi connectivity index (χ4n) is 2.81. The minimum absolute atomic E-state index is 0.102. The molecule has 4 heteroatoms. The molecule has 3 N–H and O–H groups in total. The van der Waals surface area contributed by atoms with Crippen molar-refractivity contribution in [1.82, 2.24) is 0 Å². The lowest BCUT2D eigenvalue weighted by atomic mass is 10.0. The average Bonchev–Trinajstić information content (AvgIpc) is 2.52. The number of hydrogen-bond donors (Lipinski definition) is 3. The molecule has 1 rings (SSSR count). The number of aliphatic hydroxyl groups is 2. The van der Waals surface area contributed by atoms with Gasteiger partial charge in [-0.1, -0.05) is 54.1 Å².